The van der Waals surface area contributed by atoms with E-state index in [1.165, 1.54) is 0 Å². The second-order valence-electron chi connectivity index (χ2n) is 7.40. The van der Waals surface area contributed by atoms with E-state index in [0.29, 0.717) is 22.3 Å². The Kier molecular flexibility index (Phi) is 4.43. The number of nitrogens with zero attached hydrogens (tertiary/aromatic N) is 3. The van der Waals surface area contributed by atoms with Crippen molar-refractivity contribution in [1.29, 1.82) is 0 Å². The number of aryl methyl sites for hydroxylation is 1. The first-order valence-corrected chi connectivity index (χ1v) is 9.94. The number of para-hydroxylation sites is 1. The minimum absolute atomic E-state index is 0.139. The first kappa shape index (κ1) is 18.3. The standard InChI is InChI=1S/C23H20N4O3/c1-14-20(28)16-9-5-10-17(22(16)30-21(14)15-7-3-2-4-8-15)23(29)24-13-19-26-25-18-11-6-12-27(18)19/h2-5,7-10H,6,11-13H2,1H3,(H,24,29). The van der Waals surface area contributed by atoms with Crippen molar-refractivity contribution in [1.82, 2.24) is 20.1 Å². The number of benzene rings is 2. The normalized spacial score (nSPS) is 12.8. The molecule has 2 aromatic heterocycles. The number of carbonyl (C=O) groups is 1. The summed E-state index contributed by atoms with van der Waals surface area (Å²) in [4.78, 5) is 25.9. The van der Waals surface area contributed by atoms with Crippen LogP contribution in [-0.4, -0.2) is 20.7 Å². The van der Waals surface area contributed by atoms with Crippen molar-refractivity contribution >= 4 is 16.9 Å². The molecule has 7 heteroatoms. The molecule has 0 radical (unpaired) electrons. The van der Waals surface area contributed by atoms with Gasteiger partial charge in [-0.3, -0.25) is 9.59 Å². The van der Waals surface area contributed by atoms with E-state index < -0.39 is 0 Å². The quantitative estimate of drug-likeness (QED) is 0.568. The summed E-state index contributed by atoms with van der Waals surface area (Å²) in [5, 5.41) is 11.6. The molecule has 0 spiro atoms. The minimum atomic E-state index is -0.318. The maximum absolute atomic E-state index is 13.0. The van der Waals surface area contributed by atoms with Crippen molar-refractivity contribution in [2.45, 2.75) is 32.9 Å². The van der Waals surface area contributed by atoms with Crippen LogP contribution in [0.3, 0.4) is 0 Å². The predicted molar refractivity (Wildman–Crippen MR) is 112 cm³/mol. The minimum Gasteiger partial charge on any atom is -0.455 e. The SMILES string of the molecule is Cc1c(-c2ccccc2)oc2c(C(=O)NCc3nnc4n3CCC4)cccc2c1=O. The van der Waals surface area contributed by atoms with E-state index in [1.54, 1.807) is 25.1 Å². The van der Waals surface area contributed by atoms with Gasteiger partial charge in [-0.2, -0.15) is 0 Å². The van der Waals surface area contributed by atoms with Gasteiger partial charge in [0, 0.05) is 24.1 Å². The van der Waals surface area contributed by atoms with Crippen LogP contribution < -0.4 is 10.7 Å². The van der Waals surface area contributed by atoms with Gasteiger partial charge in [-0.15, -0.1) is 10.2 Å². The van der Waals surface area contributed by atoms with Gasteiger partial charge in [0.2, 0.25) is 0 Å². The van der Waals surface area contributed by atoms with Crippen molar-refractivity contribution in [2.75, 3.05) is 0 Å². The Morgan fingerprint density at radius 1 is 1.13 bits per heavy atom. The topological polar surface area (TPSA) is 90.0 Å². The van der Waals surface area contributed by atoms with Gasteiger partial charge < -0.3 is 14.3 Å². The molecule has 0 unspecified atom stereocenters. The zero-order valence-corrected chi connectivity index (χ0v) is 16.5. The molecular weight excluding hydrogens is 380 g/mol. The van der Waals surface area contributed by atoms with Crippen LogP contribution in [0.15, 0.2) is 57.7 Å². The highest BCUT2D eigenvalue weighted by Crippen LogP contribution is 2.27. The van der Waals surface area contributed by atoms with Crippen LogP contribution in [0.5, 0.6) is 0 Å². The number of carbonyl (C=O) groups excluding carboxylic acids is 1. The monoisotopic (exact) mass is 400 g/mol. The van der Waals surface area contributed by atoms with Gasteiger partial charge in [0.15, 0.2) is 16.8 Å². The summed E-state index contributed by atoms with van der Waals surface area (Å²) in [6, 6.07) is 14.5. The third kappa shape index (κ3) is 2.99. The Balaban J connectivity index is 1.53. The van der Waals surface area contributed by atoms with Crippen molar-refractivity contribution in [3.8, 4) is 11.3 Å². The predicted octanol–water partition coefficient (Wildman–Crippen LogP) is 3.24. The number of fused-ring (bicyclic) bond motifs is 2. The van der Waals surface area contributed by atoms with Crippen LogP contribution >= 0.6 is 0 Å². The highest BCUT2D eigenvalue weighted by Gasteiger charge is 2.20. The van der Waals surface area contributed by atoms with Gasteiger partial charge in [0.1, 0.15) is 11.6 Å². The first-order valence-electron chi connectivity index (χ1n) is 9.94. The van der Waals surface area contributed by atoms with Gasteiger partial charge in [0.05, 0.1) is 17.5 Å². The van der Waals surface area contributed by atoms with Crippen molar-refractivity contribution in [3.05, 3.63) is 81.5 Å². The zero-order chi connectivity index (χ0) is 20.7. The molecule has 30 heavy (non-hydrogen) atoms. The Morgan fingerprint density at radius 2 is 1.97 bits per heavy atom. The van der Waals surface area contributed by atoms with Gasteiger partial charge in [-0.1, -0.05) is 36.4 Å². The van der Waals surface area contributed by atoms with E-state index in [0.717, 1.165) is 36.6 Å². The lowest BCUT2D eigenvalue weighted by molar-refractivity contribution is 0.0950. The molecule has 1 amide bonds. The third-order valence-corrected chi connectivity index (χ3v) is 5.52. The largest absolute Gasteiger partial charge is 0.455 e. The van der Waals surface area contributed by atoms with Gasteiger partial charge in [-0.05, 0) is 25.5 Å². The summed E-state index contributed by atoms with van der Waals surface area (Å²) >= 11 is 0. The second kappa shape index (κ2) is 7.26. The highest BCUT2D eigenvalue weighted by molar-refractivity contribution is 6.05. The van der Waals surface area contributed by atoms with Gasteiger partial charge in [-0.25, -0.2) is 0 Å². The summed E-state index contributed by atoms with van der Waals surface area (Å²) < 4.78 is 8.17. The Hall–Kier alpha value is -3.74. The second-order valence-corrected chi connectivity index (χ2v) is 7.40. The van der Waals surface area contributed by atoms with Crippen molar-refractivity contribution < 1.29 is 9.21 Å². The molecule has 0 saturated heterocycles. The summed E-state index contributed by atoms with van der Waals surface area (Å²) in [6.07, 6.45) is 1.96. The lowest BCUT2D eigenvalue weighted by Crippen LogP contribution is -2.25. The van der Waals surface area contributed by atoms with E-state index in [-0.39, 0.29) is 23.5 Å². The molecule has 0 bridgehead atoms. The maximum atomic E-state index is 13.0. The molecule has 7 nitrogen and oxygen atoms in total. The number of nitrogens with one attached hydrogen (secondary N) is 1. The maximum Gasteiger partial charge on any atom is 0.255 e. The molecule has 0 saturated carbocycles. The molecule has 2 aromatic carbocycles. The molecule has 150 valence electrons. The number of amides is 1. The van der Waals surface area contributed by atoms with E-state index in [2.05, 4.69) is 15.5 Å². The molecular formula is C23H20N4O3. The molecule has 1 N–H and O–H groups in total. The molecule has 0 fully saturated rings. The lowest BCUT2D eigenvalue weighted by atomic mass is 10.0. The summed E-state index contributed by atoms with van der Waals surface area (Å²) in [5.41, 5.74) is 1.78. The van der Waals surface area contributed by atoms with Crippen LogP contribution in [0.2, 0.25) is 0 Å². The Morgan fingerprint density at radius 3 is 2.80 bits per heavy atom. The summed E-state index contributed by atoms with van der Waals surface area (Å²) in [5.74, 6) is 1.85. The fourth-order valence-corrected chi connectivity index (χ4v) is 3.95. The van der Waals surface area contributed by atoms with E-state index in [4.69, 9.17) is 4.42 Å². The number of aromatic nitrogens is 3. The fraction of sp³-hybridized carbons (Fsp3) is 0.217. The lowest BCUT2D eigenvalue weighted by Gasteiger charge is -2.11. The smallest absolute Gasteiger partial charge is 0.255 e. The van der Waals surface area contributed by atoms with Crippen LogP contribution in [0, 0.1) is 6.92 Å². The van der Waals surface area contributed by atoms with Crippen LogP contribution in [0.4, 0.5) is 0 Å². The van der Waals surface area contributed by atoms with Crippen LogP contribution in [0.1, 0.15) is 34.0 Å². The molecule has 1 aliphatic heterocycles. The van der Waals surface area contributed by atoms with Crippen molar-refractivity contribution in [2.24, 2.45) is 0 Å². The van der Waals surface area contributed by atoms with E-state index in [9.17, 15) is 9.59 Å². The molecule has 1 aliphatic rings. The van der Waals surface area contributed by atoms with Crippen molar-refractivity contribution in [3.63, 3.8) is 0 Å². The number of hydrogen-bond donors (Lipinski definition) is 1. The number of rotatable bonds is 4. The van der Waals surface area contributed by atoms with Gasteiger partial charge in [0.25, 0.3) is 5.91 Å². The molecule has 3 heterocycles. The number of hydrogen-bond acceptors (Lipinski definition) is 5. The van der Waals surface area contributed by atoms with Crippen LogP contribution in [0.25, 0.3) is 22.3 Å². The molecule has 5 rings (SSSR count). The first-order chi connectivity index (χ1) is 14.6. The Bertz CT molecular complexity index is 1320. The average Bonchev–Trinajstić information content (AvgIpc) is 3.39. The molecule has 0 aliphatic carbocycles. The Labute approximate surface area is 172 Å². The fourth-order valence-electron chi connectivity index (χ4n) is 3.95. The highest BCUT2D eigenvalue weighted by atomic mass is 16.3. The molecule has 4 aromatic rings. The van der Waals surface area contributed by atoms with Gasteiger partial charge >= 0.3 is 0 Å². The third-order valence-electron chi connectivity index (χ3n) is 5.52. The summed E-state index contributed by atoms with van der Waals surface area (Å²) in [7, 11) is 0. The zero-order valence-electron chi connectivity index (χ0n) is 16.5. The average molecular weight is 400 g/mol. The molecule has 0 atom stereocenters. The summed E-state index contributed by atoms with van der Waals surface area (Å²) in [6.45, 7) is 2.88. The van der Waals surface area contributed by atoms with E-state index >= 15 is 0 Å². The van der Waals surface area contributed by atoms with E-state index in [1.807, 2.05) is 34.9 Å². The van der Waals surface area contributed by atoms with Crippen LogP contribution in [-0.2, 0) is 19.5 Å².